The van der Waals surface area contributed by atoms with Crippen molar-refractivity contribution in [3.63, 3.8) is 0 Å². The molecule has 10 atom stereocenters. The zero-order valence-electron chi connectivity index (χ0n) is 38.7. The van der Waals surface area contributed by atoms with Gasteiger partial charge in [0.05, 0.1) is 0 Å². The first-order chi connectivity index (χ1) is 26.7. The molecule has 0 saturated heterocycles. The zero-order chi connectivity index (χ0) is 40.2. The van der Waals surface area contributed by atoms with E-state index in [1.54, 1.807) is 0 Å². The highest BCUT2D eigenvalue weighted by Crippen LogP contribution is 2.75. The Labute approximate surface area is 362 Å². The smallest absolute Gasteiger partial charge is 0.344 e. The Morgan fingerprint density at radius 1 is 0.737 bits per heavy atom. The largest absolute Gasteiger partial charge is 1.00 e. The second-order valence-corrected chi connectivity index (χ2v) is 22.3. The van der Waals surface area contributed by atoms with Gasteiger partial charge in [-0.3, -0.25) is 0 Å². The average Bonchev–Trinajstić information content (AvgIpc) is 3.16. The van der Waals surface area contributed by atoms with Gasteiger partial charge in [-0.15, -0.1) is 0 Å². The first-order valence-corrected chi connectivity index (χ1v) is 24.6. The van der Waals surface area contributed by atoms with Gasteiger partial charge >= 0.3 is 5.97 Å². The predicted octanol–water partition coefficient (Wildman–Crippen LogP) is 12.1. The molecule has 1 aromatic heterocycles. The van der Waals surface area contributed by atoms with Gasteiger partial charge in [-0.2, -0.15) is 0 Å². The molecule has 324 valence electrons. The molecular weight excluding hydrogens is 762 g/mol. The Hall–Kier alpha value is -1.16. The number of nitrogens with zero attached hydrogens (tertiary/aromatic N) is 1. The molecule has 4 fully saturated rings. The summed E-state index contributed by atoms with van der Waals surface area (Å²) in [6.45, 7) is 24.0. The fourth-order valence-electron chi connectivity index (χ4n) is 14.7. The lowest BCUT2D eigenvalue weighted by Crippen LogP contribution is -3.00. The average molecular weight is 851 g/mol. The van der Waals surface area contributed by atoms with Gasteiger partial charge in [-0.05, 0) is 122 Å². The molecule has 0 bridgehead atoms. The third kappa shape index (κ3) is 9.52. The number of unbranched alkanes of at least 4 members (excludes halogenated alkanes) is 14. The van der Waals surface area contributed by atoms with Crippen molar-refractivity contribution in [2.45, 2.75) is 229 Å². The van der Waals surface area contributed by atoms with Crippen LogP contribution >= 0.6 is 0 Å². The number of pyridine rings is 1. The van der Waals surface area contributed by atoms with Crippen LogP contribution in [-0.4, -0.2) is 12.1 Å². The number of esters is 1. The van der Waals surface area contributed by atoms with Crippen molar-refractivity contribution in [1.82, 2.24) is 0 Å². The summed E-state index contributed by atoms with van der Waals surface area (Å²) in [5.74, 6) is 3.48. The first kappa shape index (κ1) is 46.9. The second-order valence-electron chi connectivity index (χ2n) is 22.3. The summed E-state index contributed by atoms with van der Waals surface area (Å²) in [5, 5.41) is 0. The number of carbonyl (C=O) groups excluding carboxylic acids is 1. The van der Waals surface area contributed by atoms with E-state index in [2.05, 4.69) is 79.2 Å². The highest BCUT2D eigenvalue weighted by molar-refractivity contribution is 5.88. The molecule has 1 aromatic rings. The SMILES string of the molecule is CCCCCCCCCCCCCCCCC[n+]1cccc(C(=O)O[C@H]2CC[C@]3(C)[C@H]4CC=C5[C@@H]6[C@@H](C)[C@H](C)CC[C@]6(C)CC[C@@]5(C)[C@]4(C)CC[C@H]3C2(C)C)c1.[Br-]. The number of fused-ring (bicyclic) bond motifs is 7. The van der Waals surface area contributed by atoms with Gasteiger partial charge in [-0.25, -0.2) is 9.36 Å². The van der Waals surface area contributed by atoms with E-state index in [0.29, 0.717) is 33.6 Å². The van der Waals surface area contributed by atoms with Crippen LogP contribution in [0.2, 0.25) is 0 Å². The van der Waals surface area contributed by atoms with Crippen LogP contribution < -0.4 is 21.5 Å². The van der Waals surface area contributed by atoms with Crippen LogP contribution in [0.5, 0.6) is 0 Å². The van der Waals surface area contributed by atoms with E-state index in [-0.39, 0.29) is 39.9 Å². The predicted molar refractivity (Wildman–Crippen MR) is 235 cm³/mol. The molecule has 0 N–H and O–H groups in total. The van der Waals surface area contributed by atoms with Crippen molar-refractivity contribution in [2.75, 3.05) is 0 Å². The minimum absolute atomic E-state index is 0. The maximum absolute atomic E-state index is 13.8. The van der Waals surface area contributed by atoms with Crippen LogP contribution in [0.3, 0.4) is 0 Å². The van der Waals surface area contributed by atoms with Gasteiger partial charge in [0.15, 0.2) is 12.4 Å². The van der Waals surface area contributed by atoms with Crippen molar-refractivity contribution in [2.24, 2.45) is 56.7 Å². The van der Waals surface area contributed by atoms with Gasteiger partial charge in [0.1, 0.15) is 18.2 Å². The van der Waals surface area contributed by atoms with Gasteiger partial charge in [-0.1, -0.05) is 157 Å². The van der Waals surface area contributed by atoms with E-state index >= 15 is 0 Å². The van der Waals surface area contributed by atoms with E-state index in [9.17, 15) is 4.79 Å². The lowest BCUT2D eigenvalue weighted by atomic mass is 9.33. The van der Waals surface area contributed by atoms with Gasteiger partial charge in [0.2, 0.25) is 0 Å². The van der Waals surface area contributed by atoms with E-state index in [1.165, 1.54) is 148 Å². The number of aromatic nitrogens is 1. The van der Waals surface area contributed by atoms with E-state index in [4.69, 9.17) is 4.74 Å². The van der Waals surface area contributed by atoms with Crippen LogP contribution in [0.25, 0.3) is 0 Å². The van der Waals surface area contributed by atoms with Gasteiger partial charge in [0, 0.05) is 17.9 Å². The number of hydrogen-bond donors (Lipinski definition) is 0. The fraction of sp³-hybridized carbons (Fsp3) is 0.849. The van der Waals surface area contributed by atoms with Gasteiger partial charge in [0.25, 0.3) is 0 Å². The number of halogens is 1. The van der Waals surface area contributed by atoms with Crippen LogP contribution in [0.4, 0.5) is 0 Å². The minimum atomic E-state index is -0.128. The lowest BCUT2D eigenvalue weighted by Gasteiger charge is -2.71. The molecule has 0 aromatic carbocycles. The Morgan fingerprint density at radius 3 is 1.98 bits per heavy atom. The summed E-state index contributed by atoms with van der Waals surface area (Å²) in [4.78, 5) is 13.8. The highest BCUT2D eigenvalue weighted by atomic mass is 79.9. The second kappa shape index (κ2) is 19.7. The lowest BCUT2D eigenvalue weighted by molar-refractivity contribution is -0.697. The molecule has 0 spiro atoms. The Balaban J connectivity index is 0.00000620. The van der Waals surface area contributed by atoms with E-state index in [1.807, 2.05) is 23.9 Å². The molecule has 1 heterocycles. The first-order valence-electron chi connectivity index (χ1n) is 24.6. The summed E-state index contributed by atoms with van der Waals surface area (Å²) in [5.41, 5.74) is 3.89. The van der Waals surface area contributed by atoms with Crippen molar-refractivity contribution >= 4 is 5.97 Å². The Bertz CT molecular complexity index is 1480. The van der Waals surface area contributed by atoms with Crippen molar-refractivity contribution < 1.29 is 31.1 Å². The van der Waals surface area contributed by atoms with E-state index in [0.717, 1.165) is 30.7 Å². The zero-order valence-corrected chi connectivity index (χ0v) is 40.3. The van der Waals surface area contributed by atoms with Crippen molar-refractivity contribution in [1.29, 1.82) is 0 Å². The number of ether oxygens (including phenoxy) is 1. The van der Waals surface area contributed by atoms with Crippen molar-refractivity contribution in [3.05, 3.63) is 41.7 Å². The molecule has 3 nitrogen and oxygen atoms in total. The monoisotopic (exact) mass is 850 g/mol. The minimum Gasteiger partial charge on any atom is -1.00 e. The molecular formula is C53H88BrNO2. The highest BCUT2D eigenvalue weighted by Gasteiger charge is 2.68. The Morgan fingerprint density at radius 2 is 1.35 bits per heavy atom. The number of carbonyl (C=O) groups is 1. The number of allylic oxidation sites excluding steroid dienone is 2. The van der Waals surface area contributed by atoms with Crippen molar-refractivity contribution in [3.8, 4) is 0 Å². The molecule has 0 amide bonds. The third-order valence-corrected chi connectivity index (χ3v) is 18.7. The summed E-state index contributed by atoms with van der Waals surface area (Å²) in [7, 11) is 0. The quantitative estimate of drug-likeness (QED) is 0.0637. The standard InChI is InChI=1S/C53H88NO2.BrH/c1-10-11-12-13-14-15-16-17-18-19-20-21-22-23-24-37-54-38-25-26-42(39-54)48(55)56-46-31-33-51(7)44(49(46,4)5)30-34-53(9)45(51)28-27-43-47-41(3)40(2)29-32-50(47,6)35-36-52(43,53)8;/h25-27,38-41,44-47H,10-24,28-37H2,1-9H3;1H/q+1;/p-1/t40-,41+,44+,45-,46+,47+,50-,51+,52-,53-;/m1./s1. The molecule has 0 aliphatic heterocycles. The molecule has 4 saturated carbocycles. The van der Waals surface area contributed by atoms with Crippen LogP contribution in [0.1, 0.15) is 227 Å². The number of aryl methyl sites for hydroxylation is 1. The summed E-state index contributed by atoms with van der Waals surface area (Å²) in [6.07, 6.45) is 39.2. The fourth-order valence-corrected chi connectivity index (χ4v) is 14.7. The molecule has 0 radical (unpaired) electrons. The Kier molecular flexibility index (Phi) is 16.2. The molecule has 4 heteroatoms. The molecule has 6 rings (SSSR count). The number of hydrogen-bond acceptors (Lipinski definition) is 2. The summed E-state index contributed by atoms with van der Waals surface area (Å²) in [6, 6.07) is 4.01. The maximum atomic E-state index is 13.8. The maximum Gasteiger partial charge on any atom is 0.344 e. The van der Waals surface area contributed by atoms with Crippen LogP contribution in [0.15, 0.2) is 36.2 Å². The summed E-state index contributed by atoms with van der Waals surface area (Å²) < 4.78 is 8.79. The number of rotatable bonds is 18. The van der Waals surface area contributed by atoms with Crippen LogP contribution in [0, 0.1) is 56.7 Å². The summed E-state index contributed by atoms with van der Waals surface area (Å²) >= 11 is 0. The molecule has 57 heavy (non-hydrogen) atoms. The van der Waals surface area contributed by atoms with Crippen LogP contribution in [-0.2, 0) is 11.3 Å². The third-order valence-electron chi connectivity index (χ3n) is 18.7. The molecule has 5 aliphatic carbocycles. The molecule has 5 aliphatic rings. The van der Waals surface area contributed by atoms with E-state index < -0.39 is 0 Å². The normalized spacial score (nSPS) is 36.8. The topological polar surface area (TPSA) is 30.2 Å². The molecule has 0 unspecified atom stereocenters. The van der Waals surface area contributed by atoms with Gasteiger partial charge < -0.3 is 21.7 Å².